The molecule has 38 heavy (non-hydrogen) atoms. The third-order valence-corrected chi connectivity index (χ3v) is 6.99. The van der Waals surface area contributed by atoms with Crippen LogP contribution >= 0.6 is 0 Å². The van der Waals surface area contributed by atoms with E-state index in [0.29, 0.717) is 22.2 Å². The van der Waals surface area contributed by atoms with E-state index in [0.717, 1.165) is 18.2 Å². The van der Waals surface area contributed by atoms with Crippen LogP contribution in [-0.4, -0.2) is 26.5 Å². The van der Waals surface area contributed by atoms with Crippen molar-refractivity contribution in [2.45, 2.75) is 19.6 Å². The minimum Gasteiger partial charge on any atom is -0.489 e. The Labute approximate surface area is 212 Å². The number of carbonyl (C=O) groups excluding carboxylic acids is 1. The van der Waals surface area contributed by atoms with Gasteiger partial charge in [-0.15, -0.1) is 0 Å². The van der Waals surface area contributed by atoms with E-state index in [2.05, 4.69) is 4.98 Å². The highest BCUT2D eigenvalue weighted by molar-refractivity contribution is 6.18. The number of anilines is 1. The molecule has 3 aromatic carbocycles. The van der Waals surface area contributed by atoms with Gasteiger partial charge in [0.05, 0.1) is 23.1 Å². The Balaban J connectivity index is 1.67. The Morgan fingerprint density at radius 3 is 2.53 bits per heavy atom. The Morgan fingerprint density at radius 2 is 1.84 bits per heavy atom. The molecule has 2 aromatic heterocycles. The van der Waals surface area contributed by atoms with Crippen LogP contribution in [0.2, 0.25) is 0 Å². The lowest BCUT2D eigenvalue weighted by Gasteiger charge is -2.22. The number of rotatable bonds is 2. The average molecular weight is 526 g/mol. The smallest absolute Gasteiger partial charge is 0.417 e. The molecule has 0 atom stereocenters. The summed E-state index contributed by atoms with van der Waals surface area (Å²) in [6.45, 7) is 1.89. The number of nitrogens with two attached hydrogens (primary N) is 1. The van der Waals surface area contributed by atoms with E-state index in [9.17, 15) is 26.7 Å². The van der Waals surface area contributed by atoms with E-state index in [-0.39, 0.29) is 46.7 Å². The van der Waals surface area contributed by atoms with Gasteiger partial charge in [0.25, 0.3) is 0 Å². The lowest BCUT2D eigenvalue weighted by atomic mass is 9.93. The second kappa shape index (κ2) is 8.04. The molecule has 0 fully saturated rings. The molecule has 3 heterocycles. The molecule has 0 saturated carbocycles. The third-order valence-electron chi connectivity index (χ3n) is 6.99. The van der Waals surface area contributed by atoms with Gasteiger partial charge in [0.15, 0.2) is 11.5 Å². The van der Waals surface area contributed by atoms with Crippen LogP contribution in [0.4, 0.5) is 27.6 Å². The summed E-state index contributed by atoms with van der Waals surface area (Å²) in [6, 6.07) is 7.38. The Kier molecular flexibility index (Phi) is 5.07. The van der Waals surface area contributed by atoms with Crippen molar-refractivity contribution in [1.82, 2.24) is 14.1 Å². The number of fused-ring (bicyclic) bond motifs is 4. The van der Waals surface area contributed by atoms with Crippen LogP contribution in [0, 0.1) is 18.6 Å². The van der Waals surface area contributed by atoms with Gasteiger partial charge in [0, 0.05) is 40.9 Å². The molecule has 5 aromatic rings. The first-order valence-corrected chi connectivity index (χ1v) is 11.6. The molecule has 1 aliphatic rings. The monoisotopic (exact) mass is 526 g/mol. The highest BCUT2D eigenvalue weighted by atomic mass is 19.4. The number of imidazole rings is 1. The number of hydrogen-bond donors (Lipinski definition) is 1. The summed E-state index contributed by atoms with van der Waals surface area (Å²) in [6.07, 6.45) is -3.26. The van der Waals surface area contributed by atoms with Crippen LogP contribution in [0.15, 0.2) is 42.6 Å². The van der Waals surface area contributed by atoms with Gasteiger partial charge in [-0.05, 0) is 25.1 Å². The zero-order valence-electron chi connectivity index (χ0n) is 20.1. The fourth-order valence-corrected chi connectivity index (χ4v) is 5.08. The lowest BCUT2D eigenvalue weighted by molar-refractivity contribution is -0.137. The fourth-order valence-electron chi connectivity index (χ4n) is 5.08. The maximum atomic E-state index is 14.5. The van der Waals surface area contributed by atoms with Gasteiger partial charge in [-0.3, -0.25) is 4.79 Å². The van der Waals surface area contributed by atoms with Crippen LogP contribution in [0.1, 0.15) is 27.3 Å². The molecule has 11 heteroatoms. The van der Waals surface area contributed by atoms with Crippen molar-refractivity contribution < 1.29 is 31.5 Å². The van der Waals surface area contributed by atoms with Gasteiger partial charge in [-0.25, -0.2) is 13.8 Å². The SMILES string of the molecule is Cc1nc2c3c(c(C(F)(F)F)cc2n1C)-c1cccc2c(C(=O)c4cc(F)c(N)c(F)c4)cn(c12)CCO3. The fraction of sp³-hybridized carbons (Fsp3) is 0.185. The lowest BCUT2D eigenvalue weighted by Crippen LogP contribution is -2.15. The summed E-state index contributed by atoms with van der Waals surface area (Å²) in [4.78, 5) is 17.9. The van der Waals surface area contributed by atoms with Crippen LogP contribution in [0.5, 0.6) is 5.75 Å². The van der Waals surface area contributed by atoms with Gasteiger partial charge in [-0.2, -0.15) is 13.2 Å². The topological polar surface area (TPSA) is 75.1 Å². The van der Waals surface area contributed by atoms with Gasteiger partial charge in [0.1, 0.15) is 35.3 Å². The van der Waals surface area contributed by atoms with Crippen molar-refractivity contribution >= 4 is 33.4 Å². The highest BCUT2D eigenvalue weighted by Gasteiger charge is 2.38. The number of alkyl halides is 3. The van der Waals surface area contributed by atoms with Gasteiger partial charge >= 0.3 is 6.18 Å². The average Bonchev–Trinajstić information content (AvgIpc) is 3.36. The van der Waals surface area contributed by atoms with E-state index in [1.165, 1.54) is 18.3 Å². The predicted octanol–water partition coefficient (Wildman–Crippen LogP) is 6.01. The summed E-state index contributed by atoms with van der Waals surface area (Å²) in [7, 11) is 1.63. The second-order valence-electron chi connectivity index (χ2n) is 9.18. The summed E-state index contributed by atoms with van der Waals surface area (Å²) >= 11 is 0. The molecule has 0 saturated heterocycles. The second-order valence-corrected chi connectivity index (χ2v) is 9.18. The third kappa shape index (κ3) is 3.37. The summed E-state index contributed by atoms with van der Waals surface area (Å²) in [5, 5.41) is 0.336. The zero-order valence-corrected chi connectivity index (χ0v) is 20.1. The molecule has 0 unspecified atom stereocenters. The number of nitrogens with zero attached hydrogens (tertiary/aromatic N) is 3. The number of carbonyl (C=O) groups is 1. The Hall–Kier alpha value is -4.41. The number of ketones is 1. The summed E-state index contributed by atoms with van der Waals surface area (Å²) in [5.74, 6) is -2.33. The van der Waals surface area contributed by atoms with Crippen LogP contribution in [-0.2, 0) is 19.8 Å². The number of hydrogen-bond acceptors (Lipinski definition) is 4. The first-order chi connectivity index (χ1) is 18.0. The standard InChI is InChI=1S/C27H19F5N4O2/c1-12-34-23-20(35(12)2)10-17(27(30,31)32)21-15-5-3-4-14-16(11-36(24(14)15)6-7-38-26(21)23)25(37)13-8-18(28)22(33)19(29)9-13/h3-5,8-11H,6-7,33H2,1-2H3. The molecule has 194 valence electrons. The number of benzene rings is 3. The van der Waals surface area contributed by atoms with Crippen molar-refractivity contribution in [2.24, 2.45) is 7.05 Å². The number of nitrogen functional groups attached to an aromatic ring is 1. The van der Waals surface area contributed by atoms with Crippen molar-refractivity contribution in [2.75, 3.05) is 12.3 Å². The molecular weight excluding hydrogens is 507 g/mol. The number of para-hydroxylation sites is 1. The van der Waals surface area contributed by atoms with Gasteiger partial charge in [0.2, 0.25) is 0 Å². The van der Waals surface area contributed by atoms with Crippen LogP contribution in [0.3, 0.4) is 0 Å². The van der Waals surface area contributed by atoms with E-state index in [1.54, 1.807) is 29.2 Å². The van der Waals surface area contributed by atoms with Crippen molar-refractivity contribution in [3.8, 4) is 16.9 Å². The van der Waals surface area contributed by atoms with Crippen molar-refractivity contribution in [3.05, 3.63) is 76.7 Å². The first-order valence-electron chi connectivity index (χ1n) is 11.6. The highest BCUT2D eigenvalue weighted by Crippen LogP contribution is 2.49. The number of aromatic nitrogens is 3. The van der Waals surface area contributed by atoms with E-state index in [4.69, 9.17) is 10.5 Å². The minimum atomic E-state index is -4.73. The first kappa shape index (κ1) is 24.0. The largest absolute Gasteiger partial charge is 0.489 e. The number of halogens is 5. The van der Waals surface area contributed by atoms with Crippen LogP contribution in [0.25, 0.3) is 33.1 Å². The molecule has 0 spiro atoms. The number of ether oxygens (including phenoxy) is 1. The molecule has 1 aliphatic heterocycles. The normalized spacial score (nSPS) is 13.3. The van der Waals surface area contributed by atoms with E-state index >= 15 is 0 Å². The zero-order chi connectivity index (χ0) is 27.1. The summed E-state index contributed by atoms with van der Waals surface area (Å²) < 4.78 is 80.8. The molecule has 6 rings (SSSR count). The molecule has 0 aliphatic carbocycles. The summed E-state index contributed by atoms with van der Waals surface area (Å²) in [5.41, 5.74) is 4.50. The maximum Gasteiger partial charge on any atom is 0.417 e. The Bertz CT molecular complexity index is 1790. The quantitative estimate of drug-likeness (QED) is 0.174. The molecule has 6 nitrogen and oxygen atoms in total. The molecule has 2 N–H and O–H groups in total. The van der Waals surface area contributed by atoms with E-state index < -0.39 is 34.8 Å². The maximum absolute atomic E-state index is 14.5. The molecular formula is C27H19F5N4O2. The van der Waals surface area contributed by atoms with Crippen molar-refractivity contribution in [3.63, 3.8) is 0 Å². The van der Waals surface area contributed by atoms with Crippen LogP contribution < -0.4 is 10.5 Å². The predicted molar refractivity (Wildman–Crippen MR) is 131 cm³/mol. The van der Waals surface area contributed by atoms with Gasteiger partial charge < -0.3 is 19.6 Å². The minimum absolute atomic E-state index is 0.00406. The van der Waals surface area contributed by atoms with Gasteiger partial charge in [-0.1, -0.05) is 18.2 Å². The molecule has 0 radical (unpaired) electrons. The molecule has 0 bridgehead atoms. The Morgan fingerprint density at radius 1 is 1.13 bits per heavy atom. The van der Waals surface area contributed by atoms with E-state index in [1.807, 2.05) is 0 Å². The molecule has 0 amide bonds. The van der Waals surface area contributed by atoms with Crippen molar-refractivity contribution in [1.29, 1.82) is 0 Å². The number of aryl methyl sites for hydroxylation is 2.